The number of hydrogen-bond donors (Lipinski definition) is 0. The molecule has 0 saturated heterocycles. The zero-order valence-corrected chi connectivity index (χ0v) is 10.7. The van der Waals surface area contributed by atoms with Gasteiger partial charge < -0.3 is 0 Å². The van der Waals surface area contributed by atoms with Crippen LogP contribution in [0.5, 0.6) is 0 Å². The van der Waals surface area contributed by atoms with Crippen molar-refractivity contribution in [3.63, 3.8) is 0 Å². The molecule has 0 saturated carbocycles. The lowest BCUT2D eigenvalue weighted by Crippen LogP contribution is -1.86. The van der Waals surface area contributed by atoms with Gasteiger partial charge in [-0.05, 0) is 25.4 Å². The Hall–Kier alpha value is 0.430. The molecule has 0 aliphatic heterocycles. The van der Waals surface area contributed by atoms with Gasteiger partial charge in [0, 0.05) is 0 Å². The molecule has 1 heteroatoms. The Balaban J connectivity index is 2.91. The van der Waals surface area contributed by atoms with Crippen LogP contribution in [0, 0.1) is 0 Å². The van der Waals surface area contributed by atoms with Crippen LogP contribution in [0.3, 0.4) is 0 Å². The second kappa shape index (κ2) is 10.5. The van der Waals surface area contributed by atoms with Gasteiger partial charge in [-0.1, -0.05) is 52.4 Å². The van der Waals surface area contributed by atoms with E-state index in [4.69, 9.17) is 0 Å². The van der Waals surface area contributed by atoms with Gasteiger partial charge in [-0.3, -0.25) is 0 Å². The van der Waals surface area contributed by atoms with Crippen LogP contribution in [-0.4, -0.2) is 19.0 Å². The molecule has 0 heterocycles. The molecule has 80 valence electrons. The van der Waals surface area contributed by atoms with Crippen LogP contribution >= 0.6 is 7.92 Å². The fraction of sp³-hybridized carbons (Fsp3) is 1.00. The smallest absolute Gasteiger partial charge is 0.0328 e. The summed E-state index contributed by atoms with van der Waals surface area (Å²) < 4.78 is 0. The predicted molar refractivity (Wildman–Crippen MR) is 66.2 cm³/mol. The predicted octanol–water partition coefficient (Wildman–Crippen LogP) is 4.87. The highest BCUT2D eigenvalue weighted by Gasteiger charge is 1.96. The highest BCUT2D eigenvalue weighted by Crippen LogP contribution is 2.30. The minimum atomic E-state index is 0.394. The summed E-state index contributed by atoms with van der Waals surface area (Å²) in [5, 5.41) is 0. The van der Waals surface area contributed by atoms with Crippen LogP contribution < -0.4 is 0 Å². The summed E-state index contributed by atoms with van der Waals surface area (Å²) in [5.74, 6) is 0. The topological polar surface area (TPSA) is 0 Å². The normalized spacial score (nSPS) is 13.2. The van der Waals surface area contributed by atoms with E-state index in [2.05, 4.69) is 20.5 Å². The van der Waals surface area contributed by atoms with E-state index in [9.17, 15) is 0 Å². The summed E-state index contributed by atoms with van der Waals surface area (Å²) in [7, 11) is 0.394. The number of hydrogen-bond acceptors (Lipinski definition) is 0. The lowest BCUT2D eigenvalue weighted by molar-refractivity contribution is 0.603. The highest BCUT2D eigenvalue weighted by atomic mass is 31.1. The number of unbranched alkanes of at least 4 members (excludes halogenated alkanes) is 6. The summed E-state index contributed by atoms with van der Waals surface area (Å²) in [6, 6.07) is 0. The first-order chi connectivity index (χ1) is 6.31. The molecule has 0 rings (SSSR count). The third-order valence-corrected chi connectivity index (χ3v) is 4.84. The molecule has 1 unspecified atom stereocenters. The molecule has 0 fully saturated rings. The molecular weight excluding hydrogens is 175 g/mol. The molecule has 0 aromatic heterocycles. The van der Waals surface area contributed by atoms with E-state index in [0.29, 0.717) is 7.92 Å². The fourth-order valence-electron chi connectivity index (χ4n) is 1.50. The molecule has 0 aliphatic rings. The van der Waals surface area contributed by atoms with Crippen molar-refractivity contribution >= 4 is 7.92 Å². The van der Waals surface area contributed by atoms with E-state index in [1.54, 1.807) is 0 Å². The van der Waals surface area contributed by atoms with Gasteiger partial charge >= 0.3 is 0 Å². The van der Waals surface area contributed by atoms with Crippen molar-refractivity contribution in [1.82, 2.24) is 0 Å². The molecule has 0 aromatic carbocycles. The third-order valence-electron chi connectivity index (χ3n) is 2.68. The molecule has 0 amide bonds. The van der Waals surface area contributed by atoms with Crippen LogP contribution in [0.15, 0.2) is 0 Å². The van der Waals surface area contributed by atoms with E-state index in [1.165, 1.54) is 57.3 Å². The molecule has 0 radical (unpaired) electrons. The largest absolute Gasteiger partial charge is 0.110 e. The second-order valence-corrected chi connectivity index (χ2v) is 6.81. The Labute approximate surface area is 86.3 Å². The fourth-order valence-corrected chi connectivity index (χ4v) is 2.58. The van der Waals surface area contributed by atoms with Crippen molar-refractivity contribution in [1.29, 1.82) is 0 Å². The van der Waals surface area contributed by atoms with Gasteiger partial charge in [-0.2, -0.15) is 0 Å². The second-order valence-electron chi connectivity index (χ2n) is 4.02. The summed E-state index contributed by atoms with van der Waals surface area (Å²) in [5.41, 5.74) is 0. The standard InChI is InChI=1S/C12H27P/c1-4-6-7-8-9-10-11-12-13(3)5-2/h4-12H2,1-3H3. The van der Waals surface area contributed by atoms with Crippen molar-refractivity contribution in [3.05, 3.63) is 0 Å². The van der Waals surface area contributed by atoms with Crippen LogP contribution in [0.1, 0.15) is 58.8 Å². The molecular formula is C12H27P. The minimum Gasteiger partial charge on any atom is -0.110 e. The van der Waals surface area contributed by atoms with E-state index in [0.717, 1.165) is 0 Å². The SMILES string of the molecule is CCCCCCCCCP(C)CC. The Bertz CT molecular complexity index is 91.1. The highest BCUT2D eigenvalue weighted by molar-refractivity contribution is 7.56. The maximum atomic E-state index is 2.44. The molecule has 0 bridgehead atoms. The quantitative estimate of drug-likeness (QED) is 0.369. The average molecular weight is 202 g/mol. The summed E-state index contributed by atoms with van der Waals surface area (Å²) in [6.07, 6.45) is 13.1. The minimum absolute atomic E-state index is 0.394. The van der Waals surface area contributed by atoms with Gasteiger partial charge in [-0.15, -0.1) is 7.92 Å². The molecule has 0 spiro atoms. The average Bonchev–Trinajstić information content (AvgIpc) is 2.16. The summed E-state index contributed by atoms with van der Waals surface area (Å²) in [6.45, 7) is 7.05. The Kier molecular flexibility index (Phi) is 10.9. The summed E-state index contributed by atoms with van der Waals surface area (Å²) in [4.78, 5) is 0. The number of rotatable bonds is 9. The first kappa shape index (κ1) is 13.4. The van der Waals surface area contributed by atoms with Gasteiger partial charge in [0.25, 0.3) is 0 Å². The molecule has 0 aromatic rings. The molecule has 0 aliphatic carbocycles. The van der Waals surface area contributed by atoms with E-state index in [-0.39, 0.29) is 0 Å². The first-order valence-electron chi connectivity index (χ1n) is 5.99. The van der Waals surface area contributed by atoms with Crippen molar-refractivity contribution in [2.45, 2.75) is 58.8 Å². The van der Waals surface area contributed by atoms with E-state index < -0.39 is 0 Å². The Morgan fingerprint density at radius 1 is 0.769 bits per heavy atom. The first-order valence-corrected chi connectivity index (χ1v) is 8.15. The lowest BCUT2D eigenvalue weighted by atomic mass is 10.1. The van der Waals surface area contributed by atoms with Crippen molar-refractivity contribution in [3.8, 4) is 0 Å². The van der Waals surface area contributed by atoms with Gasteiger partial charge in [0.1, 0.15) is 0 Å². The van der Waals surface area contributed by atoms with Crippen LogP contribution in [0.25, 0.3) is 0 Å². The molecule has 0 N–H and O–H groups in total. The van der Waals surface area contributed by atoms with Gasteiger partial charge in [0.05, 0.1) is 0 Å². The molecule has 0 nitrogen and oxygen atoms in total. The zero-order chi connectivity index (χ0) is 9.94. The van der Waals surface area contributed by atoms with Crippen molar-refractivity contribution < 1.29 is 0 Å². The maximum absolute atomic E-state index is 2.44. The monoisotopic (exact) mass is 202 g/mol. The summed E-state index contributed by atoms with van der Waals surface area (Å²) >= 11 is 0. The van der Waals surface area contributed by atoms with Crippen LogP contribution in [0.2, 0.25) is 0 Å². The Morgan fingerprint density at radius 3 is 1.85 bits per heavy atom. The van der Waals surface area contributed by atoms with E-state index in [1.807, 2.05) is 0 Å². The van der Waals surface area contributed by atoms with Crippen molar-refractivity contribution in [2.75, 3.05) is 19.0 Å². The van der Waals surface area contributed by atoms with Crippen molar-refractivity contribution in [2.24, 2.45) is 0 Å². The van der Waals surface area contributed by atoms with Gasteiger partial charge in [0.2, 0.25) is 0 Å². The van der Waals surface area contributed by atoms with Crippen LogP contribution in [0.4, 0.5) is 0 Å². The lowest BCUT2D eigenvalue weighted by Gasteiger charge is -2.08. The molecule has 13 heavy (non-hydrogen) atoms. The Morgan fingerprint density at radius 2 is 1.31 bits per heavy atom. The maximum Gasteiger partial charge on any atom is -0.0328 e. The van der Waals surface area contributed by atoms with Crippen LogP contribution in [-0.2, 0) is 0 Å². The molecule has 1 atom stereocenters. The van der Waals surface area contributed by atoms with Gasteiger partial charge in [0.15, 0.2) is 0 Å². The zero-order valence-electron chi connectivity index (χ0n) is 9.81. The van der Waals surface area contributed by atoms with Gasteiger partial charge in [-0.25, -0.2) is 0 Å². The third kappa shape index (κ3) is 10.4. The van der Waals surface area contributed by atoms with E-state index >= 15 is 0 Å².